The Morgan fingerprint density at radius 2 is 2.38 bits per heavy atom. The van der Waals surface area contributed by atoms with Crippen molar-refractivity contribution in [1.82, 2.24) is 15.6 Å². The topological polar surface area (TPSA) is 54.0 Å². The molecule has 0 spiro atoms. The second-order valence-corrected chi connectivity index (χ2v) is 5.10. The van der Waals surface area contributed by atoms with Gasteiger partial charge in [0.1, 0.15) is 0 Å². The van der Waals surface area contributed by atoms with Gasteiger partial charge in [-0.05, 0) is 24.4 Å². The molecule has 0 aliphatic rings. The average Bonchev–Trinajstić information content (AvgIpc) is 2.30. The van der Waals surface area contributed by atoms with Gasteiger partial charge >= 0.3 is 0 Å². The van der Waals surface area contributed by atoms with Gasteiger partial charge in [0, 0.05) is 36.3 Å². The van der Waals surface area contributed by atoms with Crippen LogP contribution < -0.4 is 10.6 Å². The van der Waals surface area contributed by atoms with E-state index in [1.54, 1.807) is 13.2 Å². The monoisotopic (exact) mass is 257 g/mol. The first-order valence-electron chi connectivity index (χ1n) is 4.93. The molecule has 2 N–H and O–H groups in total. The first-order chi connectivity index (χ1) is 7.72. The Morgan fingerprint density at radius 1 is 1.56 bits per heavy atom. The summed E-state index contributed by atoms with van der Waals surface area (Å²) in [5.74, 6) is 1.06. The standard InChI is InChI=1S/C10H15N3OS2/c1-11-10(15)13-6-7-16(14)8-9-4-2-3-5-12-9/h2-5H,6-8H2,1H3,(H2,11,13,15). The Balaban J connectivity index is 2.24. The normalized spacial score (nSPS) is 11.8. The molecule has 1 aromatic rings. The minimum Gasteiger partial charge on any atom is -0.366 e. The van der Waals surface area contributed by atoms with Gasteiger partial charge in [-0.25, -0.2) is 0 Å². The second-order valence-electron chi connectivity index (χ2n) is 3.12. The van der Waals surface area contributed by atoms with Crippen LogP contribution in [0.4, 0.5) is 0 Å². The minimum absolute atomic E-state index is 0.495. The molecular formula is C10H15N3OS2. The van der Waals surface area contributed by atoms with Crippen molar-refractivity contribution >= 4 is 28.1 Å². The van der Waals surface area contributed by atoms with Crippen LogP contribution in [-0.2, 0) is 16.6 Å². The third kappa shape index (κ3) is 5.18. The van der Waals surface area contributed by atoms with Crippen LogP contribution in [-0.4, -0.2) is 33.7 Å². The molecule has 16 heavy (non-hydrogen) atoms. The van der Waals surface area contributed by atoms with E-state index >= 15 is 0 Å². The van der Waals surface area contributed by atoms with Crippen LogP contribution in [0.25, 0.3) is 0 Å². The van der Waals surface area contributed by atoms with Crippen molar-refractivity contribution in [2.75, 3.05) is 19.3 Å². The molecule has 6 heteroatoms. The third-order valence-electron chi connectivity index (χ3n) is 1.88. The van der Waals surface area contributed by atoms with Gasteiger partial charge in [0.2, 0.25) is 0 Å². The van der Waals surface area contributed by atoms with Crippen molar-refractivity contribution in [3.63, 3.8) is 0 Å². The molecule has 0 fully saturated rings. The zero-order valence-electron chi connectivity index (χ0n) is 9.10. The number of aromatic nitrogens is 1. The Labute approximate surface area is 103 Å². The molecule has 1 heterocycles. The Morgan fingerprint density at radius 3 is 3.00 bits per heavy atom. The predicted octanol–water partition coefficient (Wildman–Crippen LogP) is 0.424. The average molecular weight is 257 g/mol. The molecule has 1 atom stereocenters. The van der Waals surface area contributed by atoms with Gasteiger partial charge in [-0.3, -0.25) is 9.19 Å². The van der Waals surface area contributed by atoms with Crippen LogP contribution in [0.1, 0.15) is 5.69 Å². The van der Waals surface area contributed by atoms with Gasteiger partial charge in [-0.2, -0.15) is 0 Å². The first kappa shape index (κ1) is 13.1. The number of pyridine rings is 1. The summed E-state index contributed by atoms with van der Waals surface area (Å²) < 4.78 is 11.6. The lowest BCUT2D eigenvalue weighted by Crippen LogP contribution is -2.35. The first-order valence-corrected chi connectivity index (χ1v) is 6.82. The lowest BCUT2D eigenvalue weighted by molar-refractivity contribution is 0.680. The molecule has 0 bridgehead atoms. The molecule has 0 aromatic carbocycles. The molecule has 1 rings (SSSR count). The van der Waals surface area contributed by atoms with E-state index in [0.717, 1.165) is 5.69 Å². The highest BCUT2D eigenvalue weighted by Crippen LogP contribution is 1.98. The Hall–Kier alpha value is -1.01. The fourth-order valence-electron chi connectivity index (χ4n) is 1.09. The van der Waals surface area contributed by atoms with Crippen LogP contribution in [0.5, 0.6) is 0 Å². The maximum Gasteiger partial charge on any atom is 0.166 e. The lowest BCUT2D eigenvalue weighted by Gasteiger charge is -2.06. The molecule has 1 aromatic heterocycles. The molecule has 0 aliphatic heterocycles. The van der Waals surface area contributed by atoms with Crippen molar-refractivity contribution in [3.05, 3.63) is 30.1 Å². The maximum atomic E-state index is 11.6. The number of nitrogens with one attached hydrogen (secondary N) is 2. The largest absolute Gasteiger partial charge is 0.366 e. The lowest BCUT2D eigenvalue weighted by atomic mass is 10.4. The van der Waals surface area contributed by atoms with Crippen LogP contribution >= 0.6 is 12.2 Å². The number of nitrogens with zero attached hydrogens (tertiary/aromatic N) is 1. The summed E-state index contributed by atoms with van der Waals surface area (Å²) in [6.07, 6.45) is 1.71. The van der Waals surface area contributed by atoms with Gasteiger partial charge in [-0.15, -0.1) is 0 Å². The Bertz CT molecular complexity index is 356. The van der Waals surface area contributed by atoms with Gasteiger partial charge in [-0.1, -0.05) is 6.07 Å². The molecule has 0 radical (unpaired) electrons. The molecule has 1 unspecified atom stereocenters. The van der Waals surface area contributed by atoms with Crippen molar-refractivity contribution < 1.29 is 4.21 Å². The summed E-state index contributed by atoms with van der Waals surface area (Å²) in [4.78, 5) is 4.13. The van der Waals surface area contributed by atoms with Gasteiger partial charge in [0.05, 0.1) is 11.4 Å². The fraction of sp³-hybridized carbons (Fsp3) is 0.400. The van der Waals surface area contributed by atoms with E-state index in [1.807, 2.05) is 18.2 Å². The highest BCUT2D eigenvalue weighted by molar-refractivity contribution is 7.84. The highest BCUT2D eigenvalue weighted by Gasteiger charge is 2.02. The summed E-state index contributed by atoms with van der Waals surface area (Å²) in [7, 11) is 0.848. The van der Waals surface area contributed by atoms with Gasteiger partial charge < -0.3 is 10.6 Å². The number of rotatable bonds is 5. The van der Waals surface area contributed by atoms with Crippen LogP contribution in [0.3, 0.4) is 0 Å². The van der Waals surface area contributed by atoms with E-state index in [1.165, 1.54) is 0 Å². The summed E-state index contributed by atoms with van der Waals surface area (Å²) in [5, 5.41) is 6.33. The third-order valence-corrected chi connectivity index (χ3v) is 3.50. The molecule has 0 saturated heterocycles. The van der Waals surface area contributed by atoms with Crippen molar-refractivity contribution in [3.8, 4) is 0 Å². The van der Waals surface area contributed by atoms with E-state index in [9.17, 15) is 4.21 Å². The zero-order valence-corrected chi connectivity index (χ0v) is 10.7. The van der Waals surface area contributed by atoms with Crippen LogP contribution in [0, 0.1) is 0 Å². The van der Waals surface area contributed by atoms with Crippen molar-refractivity contribution in [2.45, 2.75) is 5.75 Å². The quantitative estimate of drug-likeness (QED) is 0.749. The molecule has 0 aliphatic carbocycles. The van der Waals surface area contributed by atoms with Crippen LogP contribution in [0.15, 0.2) is 24.4 Å². The van der Waals surface area contributed by atoms with E-state index in [-0.39, 0.29) is 0 Å². The second kappa shape index (κ2) is 7.29. The van der Waals surface area contributed by atoms with Gasteiger partial charge in [0.25, 0.3) is 0 Å². The number of thiocarbonyl (C=S) groups is 1. The minimum atomic E-state index is -0.902. The van der Waals surface area contributed by atoms with E-state index < -0.39 is 10.8 Å². The Kier molecular flexibility index (Phi) is 5.95. The zero-order chi connectivity index (χ0) is 11.8. The molecule has 4 nitrogen and oxygen atoms in total. The highest BCUT2D eigenvalue weighted by atomic mass is 32.2. The molecular weight excluding hydrogens is 242 g/mol. The predicted molar refractivity (Wildman–Crippen MR) is 70.6 cm³/mol. The van der Waals surface area contributed by atoms with E-state index in [2.05, 4.69) is 15.6 Å². The molecule has 0 amide bonds. The number of hydrogen-bond donors (Lipinski definition) is 2. The summed E-state index contributed by atoms with van der Waals surface area (Å²) in [6, 6.07) is 5.62. The summed E-state index contributed by atoms with van der Waals surface area (Å²) in [6.45, 7) is 0.610. The van der Waals surface area contributed by atoms with Gasteiger partial charge in [0.15, 0.2) is 5.11 Å². The molecule has 88 valence electrons. The summed E-state index contributed by atoms with van der Waals surface area (Å²) >= 11 is 4.90. The SMILES string of the molecule is CNC(=S)NCCS(=O)Cc1ccccn1. The molecule has 0 saturated carbocycles. The fourth-order valence-corrected chi connectivity index (χ4v) is 2.16. The summed E-state index contributed by atoms with van der Waals surface area (Å²) in [5.41, 5.74) is 0.858. The van der Waals surface area contributed by atoms with Crippen LogP contribution in [0.2, 0.25) is 0 Å². The van der Waals surface area contributed by atoms with Crippen molar-refractivity contribution in [2.24, 2.45) is 0 Å². The van der Waals surface area contributed by atoms with Crippen molar-refractivity contribution in [1.29, 1.82) is 0 Å². The smallest absolute Gasteiger partial charge is 0.166 e. The maximum absolute atomic E-state index is 11.6. The number of hydrogen-bond acceptors (Lipinski definition) is 3. The van der Waals surface area contributed by atoms with E-state index in [0.29, 0.717) is 23.2 Å². The van der Waals surface area contributed by atoms with E-state index in [4.69, 9.17) is 12.2 Å².